The van der Waals surface area contributed by atoms with Crippen molar-refractivity contribution in [1.82, 2.24) is 15.2 Å². The lowest BCUT2D eigenvalue weighted by molar-refractivity contribution is -0.116. The van der Waals surface area contributed by atoms with Gasteiger partial charge in [-0.2, -0.15) is 0 Å². The molecule has 0 radical (unpaired) electrons. The summed E-state index contributed by atoms with van der Waals surface area (Å²) in [5, 5.41) is 9.13. The van der Waals surface area contributed by atoms with Crippen molar-refractivity contribution >= 4 is 40.3 Å². The third kappa shape index (κ3) is 4.31. The Kier molecular flexibility index (Phi) is 5.87. The number of benzene rings is 1. The fourth-order valence-corrected chi connectivity index (χ4v) is 4.99. The standard InChI is InChI=1S/C22H22N4OS2/c1-15-11-14-29-21(15)20-19(17-9-5-6-12-23-17)25-22(28)26(20)13-10-18(27)24-16-7-3-2-4-8-16/h2-9,11-12,14,19-20H,10,13H2,1H3,(H,24,27)(H,25,28)/t19-,20-/m1/s1. The number of hydrogen-bond acceptors (Lipinski definition) is 4. The molecule has 0 aliphatic carbocycles. The van der Waals surface area contributed by atoms with Crippen LogP contribution in [0.3, 0.4) is 0 Å². The number of aryl methyl sites for hydroxylation is 1. The summed E-state index contributed by atoms with van der Waals surface area (Å²) < 4.78 is 0. The Morgan fingerprint density at radius 3 is 2.69 bits per heavy atom. The van der Waals surface area contributed by atoms with E-state index >= 15 is 0 Å². The summed E-state index contributed by atoms with van der Waals surface area (Å²) in [5.74, 6) is -0.0260. The first-order valence-corrected chi connectivity index (χ1v) is 10.8. The lowest BCUT2D eigenvalue weighted by atomic mass is 10.0. The molecule has 4 rings (SSSR count). The summed E-state index contributed by atoms with van der Waals surface area (Å²) in [6.07, 6.45) is 2.15. The molecule has 3 heterocycles. The number of anilines is 1. The SMILES string of the molecule is Cc1ccsc1[C@H]1[C@@H](c2ccccn2)NC(=S)N1CCC(=O)Nc1ccccc1. The quantitative estimate of drug-likeness (QED) is 0.575. The largest absolute Gasteiger partial charge is 0.352 e. The molecule has 29 heavy (non-hydrogen) atoms. The van der Waals surface area contributed by atoms with Crippen molar-refractivity contribution in [3.63, 3.8) is 0 Å². The van der Waals surface area contributed by atoms with Crippen molar-refractivity contribution in [3.05, 3.63) is 82.3 Å². The Morgan fingerprint density at radius 1 is 1.21 bits per heavy atom. The predicted octanol–water partition coefficient (Wildman–Crippen LogP) is 4.45. The van der Waals surface area contributed by atoms with Crippen LogP contribution in [0.2, 0.25) is 0 Å². The van der Waals surface area contributed by atoms with Crippen LogP contribution in [0.1, 0.15) is 34.6 Å². The molecule has 3 aromatic rings. The van der Waals surface area contributed by atoms with Crippen molar-refractivity contribution in [3.8, 4) is 0 Å². The fraction of sp³-hybridized carbons (Fsp3) is 0.227. The normalized spacial score (nSPS) is 18.5. The van der Waals surface area contributed by atoms with Gasteiger partial charge in [-0.25, -0.2) is 0 Å². The molecule has 7 heteroatoms. The van der Waals surface area contributed by atoms with E-state index in [2.05, 4.69) is 38.9 Å². The Labute approximate surface area is 179 Å². The second-order valence-corrected chi connectivity index (χ2v) is 8.29. The average Bonchev–Trinajstić information content (AvgIpc) is 3.30. The zero-order valence-electron chi connectivity index (χ0n) is 16.0. The number of nitrogens with one attached hydrogen (secondary N) is 2. The lowest BCUT2D eigenvalue weighted by Gasteiger charge is -2.27. The third-order valence-electron chi connectivity index (χ3n) is 5.01. The maximum atomic E-state index is 12.5. The number of amides is 1. The smallest absolute Gasteiger partial charge is 0.226 e. The molecule has 2 atom stereocenters. The van der Waals surface area contributed by atoms with E-state index in [0.717, 1.165) is 11.4 Å². The molecule has 148 valence electrons. The molecule has 1 aromatic carbocycles. The van der Waals surface area contributed by atoms with E-state index in [0.29, 0.717) is 18.1 Å². The van der Waals surface area contributed by atoms with Crippen LogP contribution in [0.25, 0.3) is 0 Å². The van der Waals surface area contributed by atoms with Crippen molar-refractivity contribution < 1.29 is 4.79 Å². The van der Waals surface area contributed by atoms with Crippen LogP contribution in [0.15, 0.2) is 66.2 Å². The molecular weight excluding hydrogens is 400 g/mol. The maximum Gasteiger partial charge on any atom is 0.226 e. The second kappa shape index (κ2) is 8.71. The van der Waals surface area contributed by atoms with Crippen molar-refractivity contribution in [2.24, 2.45) is 0 Å². The van der Waals surface area contributed by atoms with Gasteiger partial charge in [-0.15, -0.1) is 11.3 Å². The first-order valence-electron chi connectivity index (χ1n) is 9.50. The number of hydrogen-bond donors (Lipinski definition) is 2. The highest BCUT2D eigenvalue weighted by Crippen LogP contribution is 2.41. The first-order chi connectivity index (χ1) is 14.1. The summed E-state index contributed by atoms with van der Waals surface area (Å²) in [7, 11) is 0. The van der Waals surface area contributed by atoms with Gasteiger partial charge in [0, 0.05) is 29.7 Å². The zero-order valence-corrected chi connectivity index (χ0v) is 17.7. The molecule has 0 bridgehead atoms. The second-order valence-electron chi connectivity index (χ2n) is 6.95. The predicted molar refractivity (Wildman–Crippen MR) is 121 cm³/mol. The summed E-state index contributed by atoms with van der Waals surface area (Å²) in [6, 6.07) is 17.5. The molecule has 1 aliphatic rings. The van der Waals surface area contributed by atoms with Crippen LogP contribution in [-0.4, -0.2) is 27.4 Å². The molecule has 5 nitrogen and oxygen atoms in total. The molecule has 2 N–H and O–H groups in total. The minimum Gasteiger partial charge on any atom is -0.352 e. The van der Waals surface area contributed by atoms with Crippen LogP contribution in [-0.2, 0) is 4.79 Å². The molecule has 0 spiro atoms. The fourth-order valence-electron chi connectivity index (χ4n) is 3.58. The van der Waals surface area contributed by atoms with Crippen LogP contribution >= 0.6 is 23.6 Å². The van der Waals surface area contributed by atoms with E-state index < -0.39 is 0 Å². The molecule has 1 aliphatic heterocycles. The topological polar surface area (TPSA) is 57.3 Å². The van der Waals surface area contributed by atoms with Gasteiger partial charge in [-0.05, 0) is 60.4 Å². The number of rotatable bonds is 6. The Morgan fingerprint density at radius 2 is 2.00 bits per heavy atom. The van der Waals surface area contributed by atoms with Gasteiger partial charge in [0.05, 0.1) is 17.8 Å². The van der Waals surface area contributed by atoms with Gasteiger partial charge in [0.25, 0.3) is 0 Å². The Balaban J connectivity index is 1.53. The minimum absolute atomic E-state index is 0.0157. The number of thiocarbonyl (C=S) groups is 1. The van der Waals surface area contributed by atoms with Crippen molar-refractivity contribution in [1.29, 1.82) is 0 Å². The van der Waals surface area contributed by atoms with Gasteiger partial charge in [-0.3, -0.25) is 9.78 Å². The Hall–Kier alpha value is -2.77. The average molecular weight is 423 g/mol. The highest BCUT2D eigenvalue weighted by molar-refractivity contribution is 7.80. The van der Waals surface area contributed by atoms with Crippen molar-refractivity contribution in [2.75, 3.05) is 11.9 Å². The Bertz CT molecular complexity index is 990. The van der Waals surface area contributed by atoms with Crippen LogP contribution in [0.4, 0.5) is 5.69 Å². The number of aromatic nitrogens is 1. The maximum absolute atomic E-state index is 12.5. The van der Waals surface area contributed by atoms with Gasteiger partial charge in [0.15, 0.2) is 5.11 Å². The van der Waals surface area contributed by atoms with E-state index in [-0.39, 0.29) is 18.0 Å². The van der Waals surface area contributed by atoms with Crippen LogP contribution < -0.4 is 10.6 Å². The first kappa shape index (κ1) is 19.5. The van der Waals surface area contributed by atoms with Crippen molar-refractivity contribution in [2.45, 2.75) is 25.4 Å². The molecule has 1 amide bonds. The van der Waals surface area contributed by atoms with Gasteiger partial charge < -0.3 is 15.5 Å². The van der Waals surface area contributed by atoms with Crippen LogP contribution in [0.5, 0.6) is 0 Å². The zero-order chi connectivity index (χ0) is 20.2. The number of pyridine rings is 1. The summed E-state index contributed by atoms with van der Waals surface area (Å²) in [6.45, 7) is 2.65. The van der Waals surface area contributed by atoms with E-state index in [9.17, 15) is 4.79 Å². The summed E-state index contributed by atoms with van der Waals surface area (Å²) >= 11 is 7.37. The number of carbonyl (C=O) groups is 1. The van der Waals surface area contributed by atoms with E-state index in [1.807, 2.05) is 48.5 Å². The number of para-hydroxylation sites is 1. The van der Waals surface area contributed by atoms with E-state index in [1.165, 1.54) is 10.4 Å². The molecular formula is C22H22N4OS2. The molecule has 2 aromatic heterocycles. The lowest BCUT2D eigenvalue weighted by Crippen LogP contribution is -2.32. The molecule has 1 fully saturated rings. The monoisotopic (exact) mass is 422 g/mol. The third-order valence-corrected chi connectivity index (χ3v) is 6.45. The van der Waals surface area contributed by atoms with Gasteiger partial charge in [0.1, 0.15) is 0 Å². The molecule has 0 unspecified atom stereocenters. The summed E-state index contributed by atoms with van der Waals surface area (Å²) in [4.78, 5) is 20.4. The van der Waals surface area contributed by atoms with E-state index in [4.69, 9.17) is 12.2 Å². The minimum atomic E-state index is -0.0433. The number of thiophene rings is 1. The number of nitrogens with zero attached hydrogens (tertiary/aromatic N) is 2. The van der Waals surface area contributed by atoms with Crippen LogP contribution in [0, 0.1) is 6.92 Å². The van der Waals surface area contributed by atoms with Gasteiger partial charge >= 0.3 is 0 Å². The highest BCUT2D eigenvalue weighted by Gasteiger charge is 2.40. The summed E-state index contributed by atoms with van der Waals surface area (Å²) in [5.41, 5.74) is 2.98. The molecule has 0 saturated carbocycles. The van der Waals surface area contributed by atoms with Gasteiger partial charge in [0.2, 0.25) is 5.91 Å². The van der Waals surface area contributed by atoms with Gasteiger partial charge in [-0.1, -0.05) is 24.3 Å². The molecule has 1 saturated heterocycles. The number of carbonyl (C=O) groups excluding carboxylic acids is 1. The van der Waals surface area contributed by atoms with E-state index in [1.54, 1.807) is 17.5 Å². The highest BCUT2D eigenvalue weighted by atomic mass is 32.1.